The van der Waals surface area contributed by atoms with Gasteiger partial charge in [0.2, 0.25) is 0 Å². The first-order valence-corrected chi connectivity index (χ1v) is 9.37. The summed E-state index contributed by atoms with van der Waals surface area (Å²) in [6.07, 6.45) is 1.93. The van der Waals surface area contributed by atoms with E-state index in [1.807, 2.05) is 30.3 Å². The maximum absolute atomic E-state index is 5.42. The average Bonchev–Trinajstić information content (AvgIpc) is 2.50. The second kappa shape index (κ2) is 9.13. The Morgan fingerprint density at radius 2 is 1.68 bits per heavy atom. The minimum absolute atomic E-state index is 0.635. The van der Waals surface area contributed by atoms with Crippen molar-refractivity contribution in [3.8, 4) is 5.75 Å². The Morgan fingerprint density at radius 1 is 1.00 bits per heavy atom. The average molecular weight is 334 g/mol. The minimum atomic E-state index is 0.635. The van der Waals surface area contributed by atoms with E-state index in [0.717, 1.165) is 18.8 Å². The van der Waals surface area contributed by atoms with Gasteiger partial charge < -0.3 is 4.18 Å². The zero-order chi connectivity index (χ0) is 15.8. The smallest absolute Gasteiger partial charge is 0.137 e. The van der Waals surface area contributed by atoms with Gasteiger partial charge >= 0.3 is 0 Å². The number of hydrogen-bond acceptors (Lipinski definition) is 4. The second-order valence-electron chi connectivity index (χ2n) is 5.51. The van der Waals surface area contributed by atoms with E-state index in [0.29, 0.717) is 5.92 Å². The van der Waals surface area contributed by atoms with Crippen LogP contribution in [0.2, 0.25) is 0 Å². The van der Waals surface area contributed by atoms with Gasteiger partial charge in [-0.25, -0.2) is 4.31 Å². The van der Waals surface area contributed by atoms with Gasteiger partial charge in [0.15, 0.2) is 0 Å². The maximum atomic E-state index is 5.42. The molecule has 0 heterocycles. The molecular weight excluding hydrogens is 310 g/mol. The lowest BCUT2D eigenvalue weighted by atomic mass is 10.2. The lowest BCUT2D eigenvalue weighted by Gasteiger charge is -2.23. The Balaban J connectivity index is 2.02. The summed E-state index contributed by atoms with van der Waals surface area (Å²) in [5.74, 6) is 1.54. The normalized spacial score (nSPS) is 11.1. The molecule has 0 saturated carbocycles. The van der Waals surface area contributed by atoms with Crippen molar-refractivity contribution in [1.29, 1.82) is 0 Å². The molecule has 0 saturated heterocycles. The summed E-state index contributed by atoms with van der Waals surface area (Å²) in [7, 11) is 0. The van der Waals surface area contributed by atoms with Gasteiger partial charge in [0, 0.05) is 24.2 Å². The fourth-order valence-electron chi connectivity index (χ4n) is 2.12. The molecule has 0 N–H and O–H groups in total. The summed E-state index contributed by atoms with van der Waals surface area (Å²) < 4.78 is 7.84. The largest absolute Gasteiger partial charge is 0.426 e. The molecule has 0 aliphatic carbocycles. The van der Waals surface area contributed by atoms with Crippen molar-refractivity contribution in [3.05, 3.63) is 60.2 Å². The maximum Gasteiger partial charge on any atom is 0.137 e. The van der Waals surface area contributed by atoms with Gasteiger partial charge in [0.1, 0.15) is 5.75 Å². The van der Waals surface area contributed by atoms with Crippen LogP contribution in [0.3, 0.4) is 0 Å². The molecule has 0 spiro atoms. The van der Waals surface area contributed by atoms with E-state index in [1.54, 1.807) is 0 Å². The van der Waals surface area contributed by atoms with E-state index >= 15 is 0 Å². The standard InChI is InChI=1S/C18H23NOS2/c1-15(2)13-19(22-18-7-5-4-6-8-18)14-16-9-11-17(12-10-16)20-21-3/h4-12,15H,13-14H2,1-3H3. The van der Waals surface area contributed by atoms with E-state index in [9.17, 15) is 0 Å². The molecule has 2 aromatic rings. The molecule has 0 fully saturated rings. The number of nitrogens with zero attached hydrogens (tertiary/aromatic N) is 1. The van der Waals surface area contributed by atoms with Gasteiger partial charge in [0.05, 0.1) is 12.0 Å². The third-order valence-electron chi connectivity index (χ3n) is 3.01. The van der Waals surface area contributed by atoms with Crippen LogP contribution < -0.4 is 4.18 Å². The van der Waals surface area contributed by atoms with Crippen molar-refractivity contribution in [2.45, 2.75) is 25.3 Å². The van der Waals surface area contributed by atoms with Crippen molar-refractivity contribution in [2.24, 2.45) is 5.92 Å². The molecule has 4 heteroatoms. The summed E-state index contributed by atoms with van der Waals surface area (Å²) in [5.41, 5.74) is 1.30. The molecule has 0 radical (unpaired) electrons. The molecule has 118 valence electrons. The fraction of sp³-hybridized carbons (Fsp3) is 0.333. The van der Waals surface area contributed by atoms with Crippen LogP contribution in [0.1, 0.15) is 19.4 Å². The predicted molar refractivity (Wildman–Crippen MR) is 98.1 cm³/mol. The van der Waals surface area contributed by atoms with Gasteiger partial charge in [-0.3, -0.25) is 0 Å². The second-order valence-corrected chi connectivity index (χ2v) is 7.19. The van der Waals surface area contributed by atoms with Crippen LogP contribution in [0.4, 0.5) is 0 Å². The van der Waals surface area contributed by atoms with E-state index in [2.05, 4.69) is 60.6 Å². The summed E-state index contributed by atoms with van der Waals surface area (Å²) >= 11 is 3.19. The third-order valence-corrected chi connectivity index (χ3v) is 4.39. The zero-order valence-corrected chi connectivity index (χ0v) is 15.0. The number of benzene rings is 2. The highest BCUT2D eigenvalue weighted by atomic mass is 32.2. The first-order chi connectivity index (χ1) is 10.7. The molecule has 0 bridgehead atoms. The lowest BCUT2D eigenvalue weighted by molar-refractivity contribution is 0.402. The number of hydrogen-bond donors (Lipinski definition) is 0. The van der Waals surface area contributed by atoms with Gasteiger partial charge in [-0.05, 0) is 47.7 Å². The molecule has 0 aliphatic rings. The highest BCUT2D eigenvalue weighted by Gasteiger charge is 2.10. The Hall–Kier alpha value is -1.10. The molecular formula is C18H23NOS2. The summed E-state index contributed by atoms with van der Waals surface area (Å²) in [4.78, 5) is 1.28. The number of rotatable bonds is 8. The third kappa shape index (κ3) is 5.95. The summed E-state index contributed by atoms with van der Waals surface area (Å²) in [5, 5.41) is 0. The molecule has 0 aliphatic heterocycles. The highest BCUT2D eigenvalue weighted by molar-refractivity contribution is 7.97. The molecule has 2 aromatic carbocycles. The van der Waals surface area contributed by atoms with Crippen LogP contribution in [0, 0.1) is 5.92 Å². The van der Waals surface area contributed by atoms with E-state index in [-0.39, 0.29) is 0 Å². The molecule has 2 rings (SSSR count). The molecule has 0 atom stereocenters. The monoisotopic (exact) mass is 333 g/mol. The predicted octanol–water partition coefficient (Wildman–Crippen LogP) is 5.51. The first-order valence-electron chi connectivity index (χ1n) is 7.45. The van der Waals surface area contributed by atoms with Crippen LogP contribution in [0.15, 0.2) is 59.5 Å². The fourth-order valence-corrected chi connectivity index (χ4v) is 3.59. The van der Waals surface area contributed by atoms with Crippen LogP contribution in [-0.4, -0.2) is 17.1 Å². The summed E-state index contributed by atoms with van der Waals surface area (Å²) in [6.45, 7) is 6.50. The highest BCUT2D eigenvalue weighted by Crippen LogP contribution is 2.26. The zero-order valence-electron chi connectivity index (χ0n) is 13.4. The van der Waals surface area contributed by atoms with Crippen LogP contribution in [0.5, 0.6) is 5.75 Å². The van der Waals surface area contributed by atoms with Crippen molar-refractivity contribution < 1.29 is 4.18 Å². The Bertz CT molecular complexity index is 543. The van der Waals surface area contributed by atoms with E-state index in [1.165, 1.54) is 22.5 Å². The first kappa shape index (κ1) is 17.3. The van der Waals surface area contributed by atoms with Crippen LogP contribution >= 0.6 is 24.0 Å². The van der Waals surface area contributed by atoms with Crippen molar-refractivity contribution in [3.63, 3.8) is 0 Å². The van der Waals surface area contributed by atoms with Gasteiger partial charge in [-0.15, -0.1) is 0 Å². The SMILES string of the molecule is CSOc1ccc(CN(CC(C)C)Sc2ccccc2)cc1. The van der Waals surface area contributed by atoms with Crippen molar-refractivity contribution in [2.75, 3.05) is 12.8 Å². The Labute approximate surface area is 142 Å². The van der Waals surface area contributed by atoms with E-state index < -0.39 is 0 Å². The lowest BCUT2D eigenvalue weighted by Crippen LogP contribution is -2.20. The molecule has 0 unspecified atom stereocenters. The minimum Gasteiger partial charge on any atom is -0.426 e. The van der Waals surface area contributed by atoms with Crippen molar-refractivity contribution >= 4 is 24.0 Å². The summed E-state index contributed by atoms with van der Waals surface area (Å²) in [6, 6.07) is 18.9. The molecule has 0 aromatic heterocycles. The van der Waals surface area contributed by atoms with Crippen LogP contribution in [0.25, 0.3) is 0 Å². The topological polar surface area (TPSA) is 12.5 Å². The molecule has 0 amide bonds. The molecule has 22 heavy (non-hydrogen) atoms. The Morgan fingerprint density at radius 3 is 2.27 bits per heavy atom. The Kier molecular flexibility index (Phi) is 7.16. The van der Waals surface area contributed by atoms with E-state index in [4.69, 9.17) is 4.18 Å². The molecule has 2 nitrogen and oxygen atoms in total. The van der Waals surface area contributed by atoms with Gasteiger partial charge in [0.25, 0.3) is 0 Å². The van der Waals surface area contributed by atoms with Gasteiger partial charge in [-0.1, -0.05) is 44.2 Å². The van der Waals surface area contributed by atoms with Crippen molar-refractivity contribution in [1.82, 2.24) is 4.31 Å². The quantitative estimate of drug-likeness (QED) is 0.466. The van der Waals surface area contributed by atoms with Crippen LogP contribution in [-0.2, 0) is 6.54 Å². The van der Waals surface area contributed by atoms with Gasteiger partial charge in [-0.2, -0.15) is 0 Å².